The molecule has 130 valence electrons. The molecule has 1 aromatic heterocycles. The molecule has 0 amide bonds. The first-order valence-corrected chi connectivity index (χ1v) is 8.50. The molecular formula is C18H16Cl2N2O3. The lowest BCUT2D eigenvalue weighted by molar-refractivity contribution is 0.0938. The van der Waals surface area contributed by atoms with E-state index in [4.69, 9.17) is 32.7 Å². The van der Waals surface area contributed by atoms with Gasteiger partial charge in [-0.05, 0) is 30.3 Å². The lowest BCUT2D eigenvalue weighted by Gasteiger charge is -2.10. The van der Waals surface area contributed by atoms with E-state index in [-0.39, 0.29) is 5.56 Å². The molecule has 0 aliphatic rings. The smallest absolute Gasteiger partial charge is 0.261 e. The van der Waals surface area contributed by atoms with Gasteiger partial charge in [-0.15, -0.1) is 0 Å². The van der Waals surface area contributed by atoms with Crippen molar-refractivity contribution in [2.45, 2.75) is 6.54 Å². The van der Waals surface area contributed by atoms with Gasteiger partial charge in [0.25, 0.3) is 5.56 Å². The van der Waals surface area contributed by atoms with Crippen molar-refractivity contribution in [3.05, 3.63) is 69.2 Å². The Bertz CT molecular complexity index is 928. The molecule has 5 nitrogen and oxygen atoms in total. The normalized spacial score (nSPS) is 11.0. The van der Waals surface area contributed by atoms with E-state index in [1.54, 1.807) is 28.8 Å². The molecule has 0 bridgehead atoms. The predicted octanol–water partition coefficient (Wildman–Crippen LogP) is 3.80. The summed E-state index contributed by atoms with van der Waals surface area (Å²) in [6.45, 7) is 1.55. The summed E-state index contributed by atoms with van der Waals surface area (Å²) in [4.78, 5) is 16.6. The van der Waals surface area contributed by atoms with Crippen molar-refractivity contribution >= 4 is 34.1 Å². The molecule has 0 N–H and O–H groups in total. The number of benzene rings is 2. The monoisotopic (exact) mass is 378 g/mol. The fourth-order valence-electron chi connectivity index (χ4n) is 2.33. The first-order chi connectivity index (χ1) is 12.1. The van der Waals surface area contributed by atoms with Crippen LogP contribution in [0.15, 0.2) is 53.6 Å². The van der Waals surface area contributed by atoms with Crippen molar-refractivity contribution in [2.75, 3.05) is 19.8 Å². The second-order valence-electron chi connectivity index (χ2n) is 5.30. The van der Waals surface area contributed by atoms with Crippen LogP contribution in [0.2, 0.25) is 10.0 Å². The van der Waals surface area contributed by atoms with Crippen LogP contribution in [0.25, 0.3) is 10.9 Å². The highest BCUT2D eigenvalue weighted by Gasteiger charge is 2.04. The van der Waals surface area contributed by atoms with E-state index in [1.807, 2.05) is 18.2 Å². The number of para-hydroxylation sites is 1. The lowest BCUT2D eigenvalue weighted by Crippen LogP contribution is -2.23. The zero-order valence-electron chi connectivity index (χ0n) is 13.3. The summed E-state index contributed by atoms with van der Waals surface area (Å²) in [5.74, 6) is 0.560. The maximum Gasteiger partial charge on any atom is 0.261 e. The maximum absolute atomic E-state index is 12.3. The van der Waals surface area contributed by atoms with Crippen LogP contribution >= 0.6 is 23.2 Å². The third-order valence-corrected chi connectivity index (χ3v) is 4.12. The van der Waals surface area contributed by atoms with Gasteiger partial charge in [-0.1, -0.05) is 35.3 Å². The Morgan fingerprint density at radius 3 is 2.72 bits per heavy atom. The molecule has 0 unspecified atom stereocenters. The van der Waals surface area contributed by atoms with Gasteiger partial charge in [0, 0.05) is 5.02 Å². The van der Waals surface area contributed by atoms with E-state index in [0.717, 1.165) is 0 Å². The average molecular weight is 379 g/mol. The number of aromatic nitrogens is 2. The van der Waals surface area contributed by atoms with Gasteiger partial charge < -0.3 is 9.47 Å². The molecule has 0 radical (unpaired) electrons. The predicted molar refractivity (Wildman–Crippen MR) is 98.8 cm³/mol. The van der Waals surface area contributed by atoms with E-state index in [9.17, 15) is 4.79 Å². The van der Waals surface area contributed by atoms with E-state index in [1.165, 1.54) is 6.33 Å². The number of nitrogens with zero attached hydrogens (tertiary/aromatic N) is 2. The molecule has 25 heavy (non-hydrogen) atoms. The van der Waals surface area contributed by atoms with Gasteiger partial charge >= 0.3 is 0 Å². The number of rotatable bonds is 7. The number of hydrogen-bond donors (Lipinski definition) is 0. The number of halogens is 2. The van der Waals surface area contributed by atoms with Gasteiger partial charge in [-0.2, -0.15) is 0 Å². The highest BCUT2D eigenvalue weighted by Crippen LogP contribution is 2.27. The van der Waals surface area contributed by atoms with Gasteiger partial charge in [0.15, 0.2) is 0 Å². The average Bonchev–Trinajstić information content (AvgIpc) is 2.61. The van der Waals surface area contributed by atoms with Crippen LogP contribution in [0.1, 0.15) is 0 Å². The fourth-order valence-corrected chi connectivity index (χ4v) is 2.80. The van der Waals surface area contributed by atoms with Crippen LogP contribution in [0.3, 0.4) is 0 Å². The molecule has 0 aliphatic carbocycles. The third kappa shape index (κ3) is 4.51. The minimum absolute atomic E-state index is 0.0709. The number of fused-ring (bicyclic) bond motifs is 1. The Labute approximate surface area is 154 Å². The quantitative estimate of drug-likeness (QED) is 0.586. The minimum atomic E-state index is -0.0709. The zero-order valence-corrected chi connectivity index (χ0v) is 14.8. The second-order valence-corrected chi connectivity index (χ2v) is 6.14. The largest absolute Gasteiger partial charge is 0.490 e. The Morgan fingerprint density at radius 1 is 1.04 bits per heavy atom. The first kappa shape index (κ1) is 17.7. The van der Waals surface area contributed by atoms with Crippen molar-refractivity contribution in [3.63, 3.8) is 0 Å². The van der Waals surface area contributed by atoms with Crippen molar-refractivity contribution < 1.29 is 9.47 Å². The van der Waals surface area contributed by atoms with Gasteiger partial charge in [0.05, 0.1) is 42.0 Å². The van der Waals surface area contributed by atoms with Crippen molar-refractivity contribution in [3.8, 4) is 5.75 Å². The molecule has 1 heterocycles. The maximum atomic E-state index is 12.3. The van der Waals surface area contributed by atoms with E-state index < -0.39 is 0 Å². The molecule has 0 saturated carbocycles. The van der Waals surface area contributed by atoms with Crippen LogP contribution in [-0.2, 0) is 11.3 Å². The SMILES string of the molecule is O=c1c2ccccc2ncn1CCOCCOc1ccc(Cl)cc1Cl. The summed E-state index contributed by atoms with van der Waals surface area (Å²) >= 11 is 11.8. The summed E-state index contributed by atoms with van der Waals surface area (Å²) in [6, 6.07) is 12.3. The van der Waals surface area contributed by atoms with E-state index in [2.05, 4.69) is 4.98 Å². The topological polar surface area (TPSA) is 53.4 Å². The summed E-state index contributed by atoms with van der Waals surface area (Å²) in [7, 11) is 0. The third-order valence-electron chi connectivity index (χ3n) is 3.59. The highest BCUT2D eigenvalue weighted by molar-refractivity contribution is 6.35. The van der Waals surface area contributed by atoms with Gasteiger partial charge in [0.2, 0.25) is 0 Å². The number of hydrogen-bond acceptors (Lipinski definition) is 4. The molecule has 0 aliphatic heterocycles. The van der Waals surface area contributed by atoms with Gasteiger partial charge in [-0.25, -0.2) is 4.98 Å². The first-order valence-electron chi connectivity index (χ1n) is 7.75. The summed E-state index contributed by atoms with van der Waals surface area (Å²) in [5, 5.41) is 1.62. The van der Waals surface area contributed by atoms with Crippen LogP contribution < -0.4 is 10.3 Å². The molecule has 2 aromatic carbocycles. The highest BCUT2D eigenvalue weighted by atomic mass is 35.5. The van der Waals surface area contributed by atoms with Crippen molar-refractivity contribution in [1.82, 2.24) is 9.55 Å². The minimum Gasteiger partial charge on any atom is -0.490 e. The fraction of sp³-hybridized carbons (Fsp3) is 0.222. The molecule has 0 spiro atoms. The Morgan fingerprint density at radius 2 is 1.88 bits per heavy atom. The summed E-state index contributed by atoms with van der Waals surface area (Å²) < 4.78 is 12.6. The molecule has 0 saturated heterocycles. The zero-order chi connectivity index (χ0) is 17.6. The Balaban J connectivity index is 1.46. The van der Waals surface area contributed by atoms with E-state index >= 15 is 0 Å². The van der Waals surface area contributed by atoms with Crippen LogP contribution in [-0.4, -0.2) is 29.4 Å². The molecule has 3 rings (SSSR count). The molecule has 0 fully saturated rings. The van der Waals surface area contributed by atoms with Crippen molar-refractivity contribution in [2.24, 2.45) is 0 Å². The Hall–Kier alpha value is -2.08. The Kier molecular flexibility index (Phi) is 5.91. The van der Waals surface area contributed by atoms with Crippen molar-refractivity contribution in [1.29, 1.82) is 0 Å². The summed E-state index contributed by atoms with van der Waals surface area (Å²) in [6.07, 6.45) is 1.54. The van der Waals surface area contributed by atoms with Crippen LogP contribution in [0.5, 0.6) is 5.75 Å². The molecule has 7 heteroatoms. The molecular weight excluding hydrogens is 363 g/mol. The van der Waals surface area contributed by atoms with Crippen LogP contribution in [0.4, 0.5) is 0 Å². The lowest BCUT2D eigenvalue weighted by atomic mass is 10.2. The number of ether oxygens (including phenoxy) is 2. The second kappa shape index (κ2) is 8.34. The standard InChI is InChI=1S/C18H16Cl2N2O3/c19-13-5-6-17(15(20)11-13)25-10-9-24-8-7-22-12-21-16-4-2-1-3-14(16)18(22)23/h1-6,11-12H,7-10H2. The summed E-state index contributed by atoms with van der Waals surface area (Å²) in [5.41, 5.74) is 0.622. The van der Waals surface area contributed by atoms with Crippen LogP contribution in [0, 0.1) is 0 Å². The molecule has 3 aromatic rings. The van der Waals surface area contributed by atoms with Gasteiger partial charge in [0.1, 0.15) is 12.4 Å². The molecule has 0 atom stereocenters. The van der Waals surface area contributed by atoms with E-state index in [0.29, 0.717) is 53.1 Å². The van der Waals surface area contributed by atoms with Gasteiger partial charge in [-0.3, -0.25) is 9.36 Å².